The number of rotatable bonds is 2. The van der Waals surface area contributed by atoms with Crippen LogP contribution in [-0.2, 0) is 14.4 Å². The molecular weight excluding hydrogens is 439 g/mol. The first-order valence-electron chi connectivity index (χ1n) is 10.1. The van der Waals surface area contributed by atoms with E-state index in [-0.39, 0.29) is 45.8 Å². The van der Waals surface area contributed by atoms with Gasteiger partial charge in [-0.2, -0.15) is 13.2 Å². The lowest BCUT2D eigenvalue weighted by atomic mass is 10.2. The second-order valence-electron chi connectivity index (χ2n) is 8.79. The Morgan fingerprint density at radius 1 is 0.938 bits per heavy atom. The van der Waals surface area contributed by atoms with E-state index in [1.165, 1.54) is 9.80 Å². The molecule has 0 spiro atoms. The first-order valence-corrected chi connectivity index (χ1v) is 10.1. The number of carbonyl (C=O) groups excluding carboxylic acids is 4. The molecule has 32 heavy (non-hydrogen) atoms. The Balaban J connectivity index is 1.55. The lowest BCUT2D eigenvalue weighted by molar-refractivity contribution is -0.155. The molecule has 0 aromatic carbocycles. The number of alkyl halides is 3. The van der Waals surface area contributed by atoms with Gasteiger partial charge in [-0.15, -0.1) is 0 Å². The summed E-state index contributed by atoms with van der Waals surface area (Å²) < 4.78 is 42.8. The number of amides is 5. The largest absolute Gasteiger partial charge is 0.444 e. The molecule has 3 rings (SSSR count). The maximum Gasteiger partial charge on any atom is 0.434 e. The summed E-state index contributed by atoms with van der Waals surface area (Å²) in [6.07, 6.45) is -5.96. The zero-order valence-corrected chi connectivity index (χ0v) is 18.1. The lowest BCUT2D eigenvalue weighted by Crippen LogP contribution is -2.55. The van der Waals surface area contributed by atoms with Crippen molar-refractivity contribution < 1.29 is 41.9 Å². The van der Waals surface area contributed by atoms with E-state index >= 15 is 0 Å². The number of hydroxylamine groups is 2. The smallest absolute Gasteiger partial charge is 0.434 e. The Bertz CT molecular complexity index is 778. The summed E-state index contributed by atoms with van der Waals surface area (Å²) in [7, 11) is 0. The van der Waals surface area contributed by atoms with Crippen LogP contribution in [0.4, 0.5) is 27.6 Å². The van der Waals surface area contributed by atoms with Crippen LogP contribution in [0.15, 0.2) is 0 Å². The number of hydrogen-bond donors (Lipinski definition) is 0. The number of urea groups is 1. The van der Waals surface area contributed by atoms with Crippen LogP contribution in [0.25, 0.3) is 0 Å². The average molecular weight is 465 g/mol. The van der Waals surface area contributed by atoms with Crippen LogP contribution in [0.3, 0.4) is 0 Å². The van der Waals surface area contributed by atoms with Crippen LogP contribution >= 0.6 is 0 Å². The molecule has 3 heterocycles. The molecule has 0 bridgehead atoms. The number of carbonyl (C=O) groups is 4. The van der Waals surface area contributed by atoms with Gasteiger partial charge in [0.05, 0.1) is 13.1 Å². The van der Waals surface area contributed by atoms with E-state index in [1.807, 2.05) is 0 Å². The van der Waals surface area contributed by atoms with Gasteiger partial charge in [-0.3, -0.25) is 9.69 Å². The van der Waals surface area contributed by atoms with Crippen LogP contribution in [0.1, 0.15) is 20.8 Å². The minimum absolute atomic E-state index is 0.0178. The fraction of sp³-hybridized carbons (Fsp3) is 0.778. The fourth-order valence-electron chi connectivity index (χ4n) is 3.62. The highest BCUT2D eigenvalue weighted by Gasteiger charge is 2.51. The number of nitrogens with zero attached hydrogens (tertiary/aromatic N) is 5. The van der Waals surface area contributed by atoms with Gasteiger partial charge in [0, 0.05) is 39.3 Å². The van der Waals surface area contributed by atoms with Crippen molar-refractivity contribution in [1.29, 1.82) is 0 Å². The van der Waals surface area contributed by atoms with Crippen molar-refractivity contribution in [1.82, 2.24) is 24.7 Å². The SMILES string of the molecule is CC(C)(C)OC(=O)N1CCN2C(=O)N(OC(=O)N3CCN(CC(F)(F)F)CC3)C(=O)C2C1. The molecule has 0 N–H and O–H groups in total. The zero-order valence-electron chi connectivity index (χ0n) is 18.1. The van der Waals surface area contributed by atoms with Gasteiger partial charge in [-0.05, 0) is 20.8 Å². The van der Waals surface area contributed by atoms with Gasteiger partial charge < -0.3 is 24.3 Å². The normalized spacial score (nSPS) is 22.9. The highest BCUT2D eigenvalue weighted by Crippen LogP contribution is 2.24. The van der Waals surface area contributed by atoms with Crippen LogP contribution in [-0.4, -0.2) is 119 Å². The molecule has 0 radical (unpaired) electrons. The Kier molecular flexibility index (Phi) is 6.45. The molecule has 0 aromatic rings. The summed E-state index contributed by atoms with van der Waals surface area (Å²) in [4.78, 5) is 59.7. The molecule has 1 atom stereocenters. The lowest BCUT2D eigenvalue weighted by Gasteiger charge is -2.35. The van der Waals surface area contributed by atoms with E-state index in [0.717, 1.165) is 9.80 Å². The van der Waals surface area contributed by atoms with Crippen molar-refractivity contribution in [2.24, 2.45) is 0 Å². The Morgan fingerprint density at radius 2 is 1.53 bits per heavy atom. The molecule has 5 amide bonds. The summed E-state index contributed by atoms with van der Waals surface area (Å²) >= 11 is 0. The molecule has 11 nitrogen and oxygen atoms in total. The molecule has 0 saturated carbocycles. The van der Waals surface area contributed by atoms with Crippen molar-refractivity contribution in [3.8, 4) is 0 Å². The van der Waals surface area contributed by atoms with Crippen molar-refractivity contribution in [3.63, 3.8) is 0 Å². The number of halogens is 3. The zero-order chi connectivity index (χ0) is 23.8. The minimum atomic E-state index is -4.34. The third kappa shape index (κ3) is 5.53. The standard InChI is InChI=1S/C18H26F3N5O6/c1-17(2,3)31-15(29)24-8-9-25-12(10-24)13(27)26(14(25)28)32-16(30)23-6-4-22(5-7-23)11-18(19,20)21/h12H,4-11H2,1-3H3. The van der Waals surface area contributed by atoms with E-state index in [2.05, 4.69) is 0 Å². The van der Waals surface area contributed by atoms with E-state index in [9.17, 15) is 32.3 Å². The van der Waals surface area contributed by atoms with Gasteiger partial charge in [-0.25, -0.2) is 14.4 Å². The molecule has 0 aromatic heterocycles. The molecule has 1 unspecified atom stereocenters. The average Bonchev–Trinajstić information content (AvgIpc) is 2.90. The van der Waals surface area contributed by atoms with Crippen molar-refractivity contribution in [2.45, 2.75) is 38.6 Å². The molecule has 180 valence electrons. The van der Waals surface area contributed by atoms with Crippen LogP contribution in [0.5, 0.6) is 0 Å². The number of piperazine rings is 2. The van der Waals surface area contributed by atoms with Gasteiger partial charge in [0.25, 0.3) is 5.91 Å². The van der Waals surface area contributed by atoms with Gasteiger partial charge >= 0.3 is 24.4 Å². The topological polar surface area (TPSA) is 103 Å². The van der Waals surface area contributed by atoms with E-state index in [1.54, 1.807) is 20.8 Å². The van der Waals surface area contributed by atoms with Crippen molar-refractivity contribution in [3.05, 3.63) is 0 Å². The monoisotopic (exact) mass is 465 g/mol. The van der Waals surface area contributed by atoms with Crippen LogP contribution < -0.4 is 0 Å². The maximum atomic E-state index is 12.7. The van der Waals surface area contributed by atoms with Gasteiger partial charge in [0.15, 0.2) is 0 Å². The number of hydrogen-bond acceptors (Lipinski definition) is 7. The summed E-state index contributed by atoms with van der Waals surface area (Å²) in [5.41, 5.74) is -0.727. The predicted octanol–water partition coefficient (Wildman–Crippen LogP) is 1.10. The number of fused-ring (bicyclic) bond motifs is 1. The fourth-order valence-corrected chi connectivity index (χ4v) is 3.62. The molecule has 3 saturated heterocycles. The second-order valence-corrected chi connectivity index (χ2v) is 8.79. The van der Waals surface area contributed by atoms with Crippen LogP contribution in [0.2, 0.25) is 0 Å². The maximum absolute atomic E-state index is 12.7. The number of imide groups is 1. The minimum Gasteiger partial charge on any atom is -0.444 e. The molecule has 14 heteroatoms. The molecule has 3 fully saturated rings. The summed E-state index contributed by atoms with van der Waals surface area (Å²) in [5.74, 6) is -0.799. The van der Waals surface area contributed by atoms with Gasteiger partial charge in [-0.1, -0.05) is 5.06 Å². The predicted molar refractivity (Wildman–Crippen MR) is 101 cm³/mol. The molecule has 3 aliphatic rings. The third-order valence-corrected chi connectivity index (χ3v) is 5.14. The first-order chi connectivity index (χ1) is 14.7. The van der Waals surface area contributed by atoms with Crippen molar-refractivity contribution >= 4 is 24.1 Å². The van der Waals surface area contributed by atoms with E-state index in [4.69, 9.17) is 9.57 Å². The molecule has 3 aliphatic heterocycles. The Labute approximate surface area is 182 Å². The van der Waals surface area contributed by atoms with Gasteiger partial charge in [0.1, 0.15) is 11.6 Å². The highest BCUT2D eigenvalue weighted by molar-refractivity contribution is 6.04. The quantitative estimate of drug-likeness (QED) is 0.563. The summed E-state index contributed by atoms with van der Waals surface area (Å²) in [6.45, 7) is 4.02. The Morgan fingerprint density at radius 3 is 2.09 bits per heavy atom. The van der Waals surface area contributed by atoms with E-state index in [0.29, 0.717) is 5.06 Å². The molecule has 0 aliphatic carbocycles. The summed E-state index contributed by atoms with van der Waals surface area (Å²) in [6, 6.07) is -1.84. The van der Waals surface area contributed by atoms with E-state index < -0.39 is 48.5 Å². The summed E-state index contributed by atoms with van der Waals surface area (Å²) in [5, 5.41) is 0.355. The first kappa shape index (κ1) is 23.9. The second kappa shape index (κ2) is 8.64. The highest BCUT2D eigenvalue weighted by atomic mass is 19.4. The third-order valence-electron chi connectivity index (χ3n) is 5.14. The van der Waals surface area contributed by atoms with Gasteiger partial charge in [0.2, 0.25) is 0 Å². The number of ether oxygens (including phenoxy) is 1. The Hall–Kier alpha value is -2.77. The van der Waals surface area contributed by atoms with Crippen molar-refractivity contribution in [2.75, 3.05) is 52.4 Å². The van der Waals surface area contributed by atoms with Crippen LogP contribution in [0, 0.1) is 0 Å². The molecular formula is C18H26F3N5O6.